The Bertz CT molecular complexity index is 460. The number of halogens is 2. The zero-order valence-electron chi connectivity index (χ0n) is 10.1. The molecule has 0 bridgehead atoms. The van der Waals surface area contributed by atoms with E-state index in [-0.39, 0.29) is 0 Å². The van der Waals surface area contributed by atoms with Gasteiger partial charge in [0.25, 0.3) is 0 Å². The van der Waals surface area contributed by atoms with Crippen molar-refractivity contribution in [3.63, 3.8) is 0 Å². The SMILES string of the molecule is CC1CCCC(C#N)(C(O)c2cc(Br)c(Br)o2)C1. The third-order valence-corrected chi connectivity index (χ3v) is 5.42. The van der Waals surface area contributed by atoms with Crippen molar-refractivity contribution >= 4 is 31.9 Å². The maximum absolute atomic E-state index is 10.5. The van der Waals surface area contributed by atoms with Gasteiger partial charge in [0.05, 0.1) is 16.0 Å². The zero-order chi connectivity index (χ0) is 13.3. The first-order chi connectivity index (χ1) is 8.48. The maximum atomic E-state index is 10.5. The van der Waals surface area contributed by atoms with Gasteiger partial charge in [0, 0.05) is 0 Å². The Morgan fingerprint density at radius 2 is 2.33 bits per heavy atom. The summed E-state index contributed by atoms with van der Waals surface area (Å²) in [5.41, 5.74) is -0.714. The fourth-order valence-electron chi connectivity index (χ4n) is 2.77. The fraction of sp³-hybridized carbons (Fsp3) is 0.615. The van der Waals surface area contributed by atoms with Crippen LogP contribution in [0, 0.1) is 22.7 Å². The number of furan rings is 1. The number of aliphatic hydroxyl groups excluding tert-OH is 1. The van der Waals surface area contributed by atoms with Crippen LogP contribution in [0.15, 0.2) is 19.6 Å². The molecule has 98 valence electrons. The van der Waals surface area contributed by atoms with Crippen LogP contribution in [0.4, 0.5) is 0 Å². The highest BCUT2D eigenvalue weighted by Crippen LogP contribution is 2.48. The van der Waals surface area contributed by atoms with Gasteiger partial charge in [-0.2, -0.15) is 5.26 Å². The lowest BCUT2D eigenvalue weighted by Crippen LogP contribution is -2.32. The highest BCUT2D eigenvalue weighted by atomic mass is 79.9. The van der Waals surface area contributed by atoms with E-state index in [9.17, 15) is 10.4 Å². The van der Waals surface area contributed by atoms with Gasteiger partial charge in [-0.1, -0.05) is 19.8 Å². The molecule has 3 nitrogen and oxygen atoms in total. The van der Waals surface area contributed by atoms with E-state index in [0.717, 1.165) is 30.2 Å². The van der Waals surface area contributed by atoms with E-state index in [1.54, 1.807) is 6.07 Å². The van der Waals surface area contributed by atoms with Crippen molar-refractivity contribution in [1.82, 2.24) is 0 Å². The average molecular weight is 377 g/mol. The fourth-order valence-corrected chi connectivity index (χ4v) is 3.38. The summed E-state index contributed by atoms with van der Waals surface area (Å²) in [6, 6.07) is 4.06. The topological polar surface area (TPSA) is 57.2 Å². The molecule has 0 spiro atoms. The third kappa shape index (κ3) is 2.52. The molecule has 1 aromatic heterocycles. The maximum Gasteiger partial charge on any atom is 0.183 e. The number of aliphatic hydroxyl groups is 1. The molecule has 0 amide bonds. The smallest absolute Gasteiger partial charge is 0.183 e. The lowest BCUT2D eigenvalue weighted by molar-refractivity contribution is 0.00681. The van der Waals surface area contributed by atoms with Crippen LogP contribution in [0.25, 0.3) is 0 Å². The summed E-state index contributed by atoms with van der Waals surface area (Å²) in [7, 11) is 0. The third-order valence-electron chi connectivity index (χ3n) is 3.71. The molecule has 3 atom stereocenters. The van der Waals surface area contributed by atoms with Crippen LogP contribution in [0.3, 0.4) is 0 Å². The van der Waals surface area contributed by atoms with Crippen molar-refractivity contribution in [3.05, 3.63) is 21.0 Å². The van der Waals surface area contributed by atoms with Gasteiger partial charge < -0.3 is 9.52 Å². The second-order valence-electron chi connectivity index (χ2n) is 5.14. The molecule has 0 aliphatic heterocycles. The molecule has 18 heavy (non-hydrogen) atoms. The molecule has 0 radical (unpaired) electrons. The first kappa shape index (κ1) is 14.1. The molecule has 0 saturated heterocycles. The first-order valence-corrected chi connectivity index (χ1v) is 7.61. The number of nitriles is 1. The average Bonchev–Trinajstić information content (AvgIpc) is 2.68. The predicted molar refractivity (Wildman–Crippen MR) is 74.7 cm³/mol. The van der Waals surface area contributed by atoms with Crippen LogP contribution >= 0.6 is 31.9 Å². The van der Waals surface area contributed by atoms with Gasteiger partial charge in [-0.15, -0.1) is 0 Å². The van der Waals surface area contributed by atoms with Crippen molar-refractivity contribution in [2.24, 2.45) is 11.3 Å². The molecule has 1 saturated carbocycles. The summed E-state index contributed by atoms with van der Waals surface area (Å²) < 4.78 is 6.77. The Kier molecular flexibility index (Phi) is 4.20. The second-order valence-corrected chi connectivity index (χ2v) is 6.72. The molecule has 1 heterocycles. The number of hydrogen-bond acceptors (Lipinski definition) is 3. The van der Waals surface area contributed by atoms with Crippen molar-refractivity contribution in [2.75, 3.05) is 0 Å². The summed E-state index contributed by atoms with van der Waals surface area (Å²) in [6.45, 7) is 2.13. The van der Waals surface area contributed by atoms with Crippen LogP contribution in [0.2, 0.25) is 0 Å². The highest BCUT2D eigenvalue weighted by molar-refractivity contribution is 9.13. The van der Waals surface area contributed by atoms with E-state index in [4.69, 9.17) is 4.42 Å². The largest absolute Gasteiger partial charge is 0.450 e. The van der Waals surface area contributed by atoms with E-state index in [1.165, 1.54) is 0 Å². The summed E-state index contributed by atoms with van der Waals surface area (Å²) in [5.74, 6) is 0.916. The second kappa shape index (κ2) is 5.36. The van der Waals surface area contributed by atoms with Gasteiger partial charge in [-0.3, -0.25) is 0 Å². The summed E-state index contributed by atoms with van der Waals surface area (Å²) in [4.78, 5) is 0. The molecule has 5 heteroatoms. The first-order valence-electron chi connectivity index (χ1n) is 6.02. The van der Waals surface area contributed by atoms with Gasteiger partial charge >= 0.3 is 0 Å². The highest BCUT2D eigenvalue weighted by Gasteiger charge is 2.44. The van der Waals surface area contributed by atoms with Crippen molar-refractivity contribution < 1.29 is 9.52 Å². The van der Waals surface area contributed by atoms with Gasteiger partial charge in [0.2, 0.25) is 0 Å². The lowest BCUT2D eigenvalue weighted by atomic mass is 9.67. The van der Waals surface area contributed by atoms with Gasteiger partial charge in [0.15, 0.2) is 4.67 Å². The van der Waals surface area contributed by atoms with Crippen LogP contribution in [0.5, 0.6) is 0 Å². The minimum absolute atomic E-state index is 0.449. The minimum atomic E-state index is -0.868. The molecule has 1 N–H and O–H groups in total. The normalized spacial score (nSPS) is 29.8. The Labute approximate surface area is 123 Å². The quantitative estimate of drug-likeness (QED) is 0.823. The van der Waals surface area contributed by atoms with Crippen LogP contribution in [-0.2, 0) is 0 Å². The number of hydrogen-bond donors (Lipinski definition) is 1. The zero-order valence-corrected chi connectivity index (χ0v) is 13.3. The standard InChI is InChI=1S/C13H15Br2NO2/c1-8-3-2-4-13(6-8,7-16)11(17)10-5-9(14)12(15)18-10/h5,8,11,17H,2-4,6H2,1H3. The molecule has 0 aromatic carbocycles. The molecule has 1 aliphatic carbocycles. The molecule has 3 unspecified atom stereocenters. The van der Waals surface area contributed by atoms with Gasteiger partial charge in [-0.25, -0.2) is 0 Å². The summed E-state index contributed by atoms with van der Waals surface area (Å²) >= 11 is 6.58. The van der Waals surface area contributed by atoms with Gasteiger partial charge in [0.1, 0.15) is 11.9 Å². The monoisotopic (exact) mass is 375 g/mol. The van der Waals surface area contributed by atoms with Crippen molar-refractivity contribution in [3.8, 4) is 6.07 Å². The Morgan fingerprint density at radius 3 is 2.83 bits per heavy atom. The molecule has 1 aliphatic rings. The van der Waals surface area contributed by atoms with E-state index in [1.807, 2.05) is 0 Å². The van der Waals surface area contributed by atoms with Crippen molar-refractivity contribution in [1.29, 1.82) is 5.26 Å². The molecule has 1 aromatic rings. The summed E-state index contributed by atoms with van der Waals surface area (Å²) in [5, 5.41) is 20.0. The van der Waals surface area contributed by atoms with Crippen molar-refractivity contribution in [2.45, 2.75) is 38.7 Å². The van der Waals surface area contributed by atoms with E-state index < -0.39 is 11.5 Å². The molecular formula is C13H15Br2NO2. The minimum Gasteiger partial charge on any atom is -0.450 e. The number of rotatable bonds is 2. The Balaban J connectivity index is 2.30. The van der Waals surface area contributed by atoms with E-state index in [0.29, 0.717) is 16.3 Å². The molecular weight excluding hydrogens is 362 g/mol. The van der Waals surface area contributed by atoms with Gasteiger partial charge in [-0.05, 0) is 56.7 Å². The van der Waals surface area contributed by atoms with Crippen LogP contribution in [0.1, 0.15) is 44.5 Å². The number of nitrogens with zero attached hydrogens (tertiary/aromatic N) is 1. The predicted octanol–water partition coefficient (Wildman–Crippen LogP) is 4.56. The Morgan fingerprint density at radius 1 is 1.61 bits per heavy atom. The van der Waals surface area contributed by atoms with E-state index >= 15 is 0 Å². The van der Waals surface area contributed by atoms with Crippen LogP contribution < -0.4 is 0 Å². The van der Waals surface area contributed by atoms with Crippen LogP contribution in [-0.4, -0.2) is 5.11 Å². The lowest BCUT2D eigenvalue weighted by Gasteiger charge is -2.37. The Hall–Kier alpha value is -0.310. The molecule has 2 rings (SSSR count). The molecule has 1 fully saturated rings. The van der Waals surface area contributed by atoms with E-state index in [2.05, 4.69) is 44.9 Å². The summed E-state index contributed by atoms with van der Waals surface area (Å²) in [6.07, 6.45) is 2.69.